The molecule has 0 aliphatic rings. The molecule has 1 aromatic carbocycles. The average molecular weight is 323 g/mol. The standard InChI is InChI=1S/C14H19BrN4/c1-3-19-9-17-8-14(19)13(7-16)18-12-5-10(2)4-11(15)6-12/h4-6,8-9,13,18H,3,7,16H2,1-2H3. The molecule has 1 heterocycles. The highest BCUT2D eigenvalue weighted by Crippen LogP contribution is 2.23. The first kappa shape index (κ1) is 14.1. The lowest BCUT2D eigenvalue weighted by atomic mass is 10.1. The lowest BCUT2D eigenvalue weighted by Gasteiger charge is -2.20. The number of aryl methyl sites for hydroxylation is 2. The number of benzene rings is 1. The lowest BCUT2D eigenvalue weighted by Crippen LogP contribution is -2.23. The van der Waals surface area contributed by atoms with Crippen LogP contribution in [0.15, 0.2) is 35.2 Å². The molecule has 4 nitrogen and oxygen atoms in total. The van der Waals surface area contributed by atoms with Gasteiger partial charge in [0.2, 0.25) is 0 Å². The van der Waals surface area contributed by atoms with Crippen LogP contribution < -0.4 is 11.1 Å². The van der Waals surface area contributed by atoms with Gasteiger partial charge in [-0.15, -0.1) is 0 Å². The first-order valence-electron chi connectivity index (χ1n) is 6.38. The predicted molar refractivity (Wildman–Crippen MR) is 82.2 cm³/mol. The second kappa shape index (κ2) is 6.21. The number of anilines is 1. The molecule has 0 radical (unpaired) electrons. The zero-order valence-corrected chi connectivity index (χ0v) is 12.8. The summed E-state index contributed by atoms with van der Waals surface area (Å²) in [4.78, 5) is 4.20. The van der Waals surface area contributed by atoms with Crippen LogP contribution in [-0.2, 0) is 6.54 Å². The lowest BCUT2D eigenvalue weighted by molar-refractivity contribution is 0.654. The number of hydrogen-bond acceptors (Lipinski definition) is 3. The zero-order chi connectivity index (χ0) is 13.8. The summed E-state index contributed by atoms with van der Waals surface area (Å²) in [5.41, 5.74) is 9.28. The van der Waals surface area contributed by atoms with E-state index in [0.717, 1.165) is 22.4 Å². The molecule has 19 heavy (non-hydrogen) atoms. The number of nitrogens with two attached hydrogens (primary N) is 1. The molecule has 0 saturated heterocycles. The largest absolute Gasteiger partial charge is 0.375 e. The highest BCUT2D eigenvalue weighted by molar-refractivity contribution is 9.10. The van der Waals surface area contributed by atoms with Crippen molar-refractivity contribution in [3.63, 3.8) is 0 Å². The maximum atomic E-state index is 5.90. The summed E-state index contributed by atoms with van der Waals surface area (Å²) in [5, 5.41) is 3.47. The van der Waals surface area contributed by atoms with Crippen molar-refractivity contribution >= 4 is 21.6 Å². The van der Waals surface area contributed by atoms with Crippen molar-refractivity contribution in [1.29, 1.82) is 0 Å². The molecule has 1 aromatic heterocycles. The predicted octanol–water partition coefficient (Wildman–Crippen LogP) is 3.09. The van der Waals surface area contributed by atoms with Crippen molar-refractivity contribution in [2.75, 3.05) is 11.9 Å². The Kier molecular flexibility index (Phi) is 4.61. The van der Waals surface area contributed by atoms with Gasteiger partial charge in [0, 0.05) is 23.2 Å². The Bertz CT molecular complexity index is 530. The Balaban J connectivity index is 2.24. The SMILES string of the molecule is CCn1cncc1C(CN)Nc1cc(C)cc(Br)c1. The summed E-state index contributed by atoms with van der Waals surface area (Å²) in [6, 6.07) is 6.32. The van der Waals surface area contributed by atoms with E-state index in [1.165, 1.54) is 5.56 Å². The van der Waals surface area contributed by atoms with Crippen LogP contribution in [0.5, 0.6) is 0 Å². The van der Waals surface area contributed by atoms with Crippen LogP contribution in [0.2, 0.25) is 0 Å². The molecular formula is C14H19BrN4. The van der Waals surface area contributed by atoms with Gasteiger partial charge < -0.3 is 15.6 Å². The maximum absolute atomic E-state index is 5.90. The summed E-state index contributed by atoms with van der Waals surface area (Å²) in [6.45, 7) is 5.59. The molecule has 1 atom stereocenters. The second-order valence-electron chi connectivity index (χ2n) is 4.55. The highest BCUT2D eigenvalue weighted by atomic mass is 79.9. The number of halogens is 1. The molecule has 0 aliphatic carbocycles. The molecule has 2 rings (SSSR count). The molecule has 1 unspecified atom stereocenters. The quantitative estimate of drug-likeness (QED) is 0.889. The molecular weight excluding hydrogens is 304 g/mol. The molecule has 0 bridgehead atoms. The summed E-state index contributed by atoms with van der Waals surface area (Å²) in [5.74, 6) is 0. The fourth-order valence-corrected chi connectivity index (χ4v) is 2.77. The first-order valence-corrected chi connectivity index (χ1v) is 7.17. The fraction of sp³-hybridized carbons (Fsp3) is 0.357. The third-order valence-corrected chi connectivity index (χ3v) is 3.52. The number of imidazole rings is 1. The number of rotatable bonds is 5. The first-order chi connectivity index (χ1) is 9.13. The second-order valence-corrected chi connectivity index (χ2v) is 5.47. The third-order valence-electron chi connectivity index (χ3n) is 3.06. The highest BCUT2D eigenvalue weighted by Gasteiger charge is 2.14. The molecule has 0 fully saturated rings. The van der Waals surface area contributed by atoms with Crippen LogP contribution in [-0.4, -0.2) is 16.1 Å². The summed E-state index contributed by atoms with van der Waals surface area (Å²) in [7, 11) is 0. The van der Waals surface area contributed by atoms with E-state index in [1.807, 2.05) is 12.5 Å². The van der Waals surface area contributed by atoms with E-state index in [0.29, 0.717) is 6.54 Å². The minimum absolute atomic E-state index is 0.0659. The summed E-state index contributed by atoms with van der Waals surface area (Å²) < 4.78 is 3.17. The number of hydrogen-bond donors (Lipinski definition) is 2. The average Bonchev–Trinajstić information content (AvgIpc) is 2.82. The zero-order valence-electron chi connectivity index (χ0n) is 11.2. The number of aromatic nitrogens is 2. The van der Waals surface area contributed by atoms with Crippen LogP contribution in [0.3, 0.4) is 0 Å². The molecule has 0 amide bonds. The maximum Gasteiger partial charge on any atom is 0.0948 e. The van der Waals surface area contributed by atoms with Gasteiger partial charge >= 0.3 is 0 Å². The fourth-order valence-electron chi connectivity index (χ4n) is 2.16. The van der Waals surface area contributed by atoms with Gasteiger partial charge in [0.1, 0.15) is 0 Å². The van der Waals surface area contributed by atoms with Crippen molar-refractivity contribution < 1.29 is 0 Å². The Labute approximate surface area is 122 Å². The van der Waals surface area contributed by atoms with E-state index >= 15 is 0 Å². The molecule has 0 aliphatic heterocycles. The van der Waals surface area contributed by atoms with Crippen molar-refractivity contribution in [3.8, 4) is 0 Å². The Hall–Kier alpha value is -1.33. The van der Waals surface area contributed by atoms with Crippen LogP contribution in [0, 0.1) is 6.92 Å². The van der Waals surface area contributed by atoms with Crippen LogP contribution in [0.25, 0.3) is 0 Å². The van der Waals surface area contributed by atoms with Gasteiger partial charge in [-0.05, 0) is 37.6 Å². The Morgan fingerprint density at radius 1 is 1.42 bits per heavy atom. The van der Waals surface area contributed by atoms with E-state index in [2.05, 4.69) is 62.8 Å². The Morgan fingerprint density at radius 2 is 2.21 bits per heavy atom. The molecule has 0 spiro atoms. The van der Waals surface area contributed by atoms with Crippen molar-refractivity contribution in [3.05, 3.63) is 46.5 Å². The molecule has 0 saturated carbocycles. The van der Waals surface area contributed by atoms with Crippen LogP contribution in [0.1, 0.15) is 24.2 Å². The van der Waals surface area contributed by atoms with Gasteiger partial charge in [-0.25, -0.2) is 4.98 Å². The van der Waals surface area contributed by atoms with E-state index < -0.39 is 0 Å². The Morgan fingerprint density at radius 3 is 2.84 bits per heavy atom. The topological polar surface area (TPSA) is 55.9 Å². The van der Waals surface area contributed by atoms with Gasteiger partial charge in [-0.1, -0.05) is 15.9 Å². The van der Waals surface area contributed by atoms with Crippen molar-refractivity contribution in [2.24, 2.45) is 5.73 Å². The van der Waals surface area contributed by atoms with Gasteiger partial charge in [0.25, 0.3) is 0 Å². The molecule has 5 heteroatoms. The van der Waals surface area contributed by atoms with E-state index in [9.17, 15) is 0 Å². The van der Waals surface area contributed by atoms with E-state index in [4.69, 9.17) is 5.73 Å². The van der Waals surface area contributed by atoms with E-state index in [1.54, 1.807) is 0 Å². The number of nitrogens with one attached hydrogen (secondary N) is 1. The van der Waals surface area contributed by atoms with Gasteiger partial charge in [0.15, 0.2) is 0 Å². The van der Waals surface area contributed by atoms with Crippen molar-refractivity contribution in [1.82, 2.24) is 9.55 Å². The van der Waals surface area contributed by atoms with Crippen LogP contribution >= 0.6 is 15.9 Å². The molecule has 102 valence electrons. The summed E-state index contributed by atoms with van der Waals surface area (Å²) >= 11 is 3.51. The number of nitrogens with zero attached hydrogens (tertiary/aromatic N) is 2. The van der Waals surface area contributed by atoms with Crippen LogP contribution in [0.4, 0.5) is 5.69 Å². The van der Waals surface area contributed by atoms with Gasteiger partial charge in [-0.3, -0.25) is 0 Å². The smallest absolute Gasteiger partial charge is 0.0948 e. The summed E-state index contributed by atoms with van der Waals surface area (Å²) in [6.07, 6.45) is 3.71. The normalized spacial score (nSPS) is 12.4. The third kappa shape index (κ3) is 3.36. The van der Waals surface area contributed by atoms with Gasteiger partial charge in [-0.2, -0.15) is 0 Å². The minimum atomic E-state index is 0.0659. The van der Waals surface area contributed by atoms with Crippen molar-refractivity contribution in [2.45, 2.75) is 26.4 Å². The molecule has 3 N–H and O–H groups in total. The monoisotopic (exact) mass is 322 g/mol. The molecule has 2 aromatic rings. The van der Waals surface area contributed by atoms with E-state index in [-0.39, 0.29) is 6.04 Å². The van der Waals surface area contributed by atoms with Gasteiger partial charge in [0.05, 0.1) is 24.3 Å². The minimum Gasteiger partial charge on any atom is -0.375 e.